The Balaban J connectivity index is 1.53. The van der Waals surface area contributed by atoms with Crippen LogP contribution in [0.15, 0.2) is 16.9 Å². The van der Waals surface area contributed by atoms with Gasteiger partial charge in [-0.2, -0.15) is 0 Å². The van der Waals surface area contributed by atoms with Gasteiger partial charge in [0.1, 0.15) is 11.8 Å². The lowest BCUT2D eigenvalue weighted by molar-refractivity contribution is -0.135. The Labute approximate surface area is 158 Å². The topological polar surface area (TPSA) is 87.0 Å². The van der Waals surface area contributed by atoms with Crippen LogP contribution in [-0.4, -0.2) is 69.4 Å². The molecule has 1 spiro atoms. The molecule has 3 aliphatic rings. The Kier molecular flexibility index (Phi) is 4.44. The van der Waals surface area contributed by atoms with Gasteiger partial charge in [-0.15, -0.1) is 0 Å². The molecule has 0 atom stereocenters. The van der Waals surface area contributed by atoms with Gasteiger partial charge < -0.3 is 14.3 Å². The molecule has 0 bridgehead atoms. The first-order valence-corrected chi connectivity index (χ1v) is 9.75. The van der Waals surface area contributed by atoms with Crippen molar-refractivity contribution in [2.75, 3.05) is 26.2 Å². The number of aromatic nitrogens is 1. The Morgan fingerprint density at radius 3 is 2.56 bits per heavy atom. The van der Waals surface area contributed by atoms with Crippen molar-refractivity contribution in [3.8, 4) is 0 Å². The highest BCUT2D eigenvalue weighted by molar-refractivity contribution is 6.07. The number of rotatable bonds is 5. The van der Waals surface area contributed by atoms with Crippen LogP contribution >= 0.6 is 0 Å². The van der Waals surface area contributed by atoms with Crippen LogP contribution in [0.5, 0.6) is 0 Å². The number of nitrogens with zero attached hydrogens (tertiary/aromatic N) is 4. The average Bonchev–Trinajstić information content (AvgIpc) is 3.27. The summed E-state index contributed by atoms with van der Waals surface area (Å²) in [6, 6.07) is 1.39. The minimum atomic E-state index is -0.809. The average molecular weight is 374 g/mol. The molecule has 3 fully saturated rings. The van der Waals surface area contributed by atoms with E-state index in [-0.39, 0.29) is 29.5 Å². The van der Waals surface area contributed by atoms with Gasteiger partial charge in [0.05, 0.1) is 0 Å². The third kappa shape index (κ3) is 3.11. The van der Waals surface area contributed by atoms with Gasteiger partial charge in [0, 0.05) is 32.2 Å². The van der Waals surface area contributed by atoms with Gasteiger partial charge in [-0.25, -0.2) is 4.79 Å². The van der Waals surface area contributed by atoms with Crippen LogP contribution in [0, 0.1) is 11.8 Å². The van der Waals surface area contributed by atoms with E-state index in [0.29, 0.717) is 44.9 Å². The number of carbonyl (C=O) groups is 3. The summed E-state index contributed by atoms with van der Waals surface area (Å²) in [5, 5.41) is 3.71. The predicted octanol–water partition coefficient (Wildman–Crippen LogP) is 1.98. The Morgan fingerprint density at radius 2 is 2.00 bits per heavy atom. The molecule has 0 N–H and O–H groups in total. The summed E-state index contributed by atoms with van der Waals surface area (Å²) in [5.41, 5.74) is -0.536. The van der Waals surface area contributed by atoms with E-state index in [4.69, 9.17) is 4.52 Å². The molecule has 4 amide bonds. The van der Waals surface area contributed by atoms with Crippen LogP contribution in [0.1, 0.15) is 50.0 Å². The third-order valence-corrected chi connectivity index (χ3v) is 5.84. The van der Waals surface area contributed by atoms with Crippen molar-refractivity contribution in [1.82, 2.24) is 19.9 Å². The molecule has 2 aliphatic heterocycles. The molecule has 1 aromatic rings. The molecule has 3 heterocycles. The molecule has 8 nitrogen and oxygen atoms in total. The van der Waals surface area contributed by atoms with Crippen LogP contribution in [0.25, 0.3) is 0 Å². The summed E-state index contributed by atoms with van der Waals surface area (Å²) >= 11 is 0. The van der Waals surface area contributed by atoms with Crippen molar-refractivity contribution in [3.63, 3.8) is 0 Å². The van der Waals surface area contributed by atoms with E-state index in [1.165, 1.54) is 11.2 Å². The molecule has 0 radical (unpaired) electrons. The fourth-order valence-corrected chi connectivity index (χ4v) is 4.17. The fourth-order valence-electron chi connectivity index (χ4n) is 4.17. The minimum absolute atomic E-state index is 0.0754. The monoisotopic (exact) mass is 374 g/mol. The van der Waals surface area contributed by atoms with Crippen molar-refractivity contribution in [2.24, 2.45) is 11.8 Å². The van der Waals surface area contributed by atoms with E-state index in [9.17, 15) is 14.4 Å². The van der Waals surface area contributed by atoms with Crippen LogP contribution in [0.4, 0.5) is 4.79 Å². The van der Waals surface area contributed by atoms with Crippen molar-refractivity contribution in [1.29, 1.82) is 0 Å². The maximum Gasteiger partial charge on any atom is 0.327 e. The minimum Gasteiger partial charge on any atom is -0.364 e. The molecule has 1 saturated carbocycles. The first-order valence-electron chi connectivity index (χ1n) is 9.75. The number of hydrogen-bond donors (Lipinski definition) is 0. The van der Waals surface area contributed by atoms with Crippen molar-refractivity contribution < 1.29 is 18.9 Å². The fraction of sp³-hybridized carbons (Fsp3) is 0.684. The lowest BCUT2D eigenvalue weighted by atomic mass is 9.85. The van der Waals surface area contributed by atoms with Gasteiger partial charge >= 0.3 is 6.03 Å². The zero-order valence-electron chi connectivity index (χ0n) is 15.9. The maximum absolute atomic E-state index is 13.3. The van der Waals surface area contributed by atoms with Gasteiger partial charge in [-0.05, 0) is 37.5 Å². The van der Waals surface area contributed by atoms with Gasteiger partial charge in [0.25, 0.3) is 11.8 Å². The quantitative estimate of drug-likeness (QED) is 0.736. The normalized spacial score (nSPS) is 22.4. The summed E-state index contributed by atoms with van der Waals surface area (Å²) < 4.78 is 4.76. The van der Waals surface area contributed by atoms with Crippen molar-refractivity contribution in [3.05, 3.63) is 18.0 Å². The molecule has 146 valence electrons. The van der Waals surface area contributed by atoms with Gasteiger partial charge in [0.15, 0.2) is 5.69 Å². The molecule has 1 aliphatic carbocycles. The first-order chi connectivity index (χ1) is 12.9. The van der Waals surface area contributed by atoms with E-state index in [0.717, 1.165) is 12.8 Å². The number of piperidine rings is 1. The molecule has 8 heteroatoms. The first kappa shape index (κ1) is 18.0. The standard InChI is InChI=1S/C19H26N4O4/c1-13(2)11-23-18(26)22(12-14-3-4-14)17(25)19(23)6-8-21(9-7-19)16(24)15-5-10-27-20-15/h5,10,13-14H,3-4,6-9,11-12H2,1-2H3. The summed E-state index contributed by atoms with van der Waals surface area (Å²) in [5.74, 6) is 0.464. The highest BCUT2D eigenvalue weighted by Crippen LogP contribution is 2.40. The van der Waals surface area contributed by atoms with Gasteiger partial charge in [-0.1, -0.05) is 19.0 Å². The molecule has 4 rings (SSSR count). The Morgan fingerprint density at radius 1 is 1.30 bits per heavy atom. The van der Waals surface area contributed by atoms with E-state index in [1.807, 2.05) is 0 Å². The number of carbonyl (C=O) groups excluding carboxylic acids is 3. The summed E-state index contributed by atoms with van der Waals surface area (Å²) in [6.07, 6.45) is 4.49. The molecule has 27 heavy (non-hydrogen) atoms. The molecular weight excluding hydrogens is 348 g/mol. The smallest absolute Gasteiger partial charge is 0.327 e. The Hall–Kier alpha value is -2.38. The molecule has 0 unspecified atom stereocenters. The lowest BCUT2D eigenvalue weighted by Crippen LogP contribution is -2.58. The number of hydrogen-bond acceptors (Lipinski definition) is 5. The zero-order valence-corrected chi connectivity index (χ0v) is 15.9. The van der Waals surface area contributed by atoms with Gasteiger partial charge in [-0.3, -0.25) is 14.5 Å². The van der Waals surface area contributed by atoms with Crippen LogP contribution in [0.3, 0.4) is 0 Å². The largest absolute Gasteiger partial charge is 0.364 e. The molecular formula is C19H26N4O4. The zero-order chi connectivity index (χ0) is 19.2. The number of urea groups is 1. The summed E-state index contributed by atoms with van der Waals surface area (Å²) in [6.45, 7) is 6.06. The number of amides is 4. The maximum atomic E-state index is 13.3. The SMILES string of the molecule is CC(C)CN1C(=O)N(CC2CC2)C(=O)C12CCN(C(=O)c1ccon1)CC2. The second-order valence-corrected chi connectivity index (χ2v) is 8.35. The second-order valence-electron chi connectivity index (χ2n) is 8.35. The van der Waals surface area contributed by atoms with Gasteiger partial charge in [0.2, 0.25) is 0 Å². The van der Waals surface area contributed by atoms with E-state index < -0.39 is 5.54 Å². The van der Waals surface area contributed by atoms with Crippen LogP contribution < -0.4 is 0 Å². The van der Waals surface area contributed by atoms with Crippen molar-refractivity contribution >= 4 is 17.8 Å². The van der Waals surface area contributed by atoms with E-state index in [2.05, 4.69) is 19.0 Å². The number of likely N-dealkylation sites (tertiary alicyclic amines) is 1. The third-order valence-electron chi connectivity index (χ3n) is 5.84. The van der Waals surface area contributed by atoms with E-state index >= 15 is 0 Å². The highest BCUT2D eigenvalue weighted by Gasteiger charge is 2.58. The molecule has 0 aromatic carbocycles. The van der Waals surface area contributed by atoms with Crippen LogP contribution in [-0.2, 0) is 4.79 Å². The lowest BCUT2D eigenvalue weighted by Gasteiger charge is -2.42. The second kappa shape index (κ2) is 6.65. The molecule has 2 saturated heterocycles. The summed E-state index contributed by atoms with van der Waals surface area (Å²) in [4.78, 5) is 43.8. The highest BCUT2D eigenvalue weighted by atomic mass is 16.5. The van der Waals surface area contributed by atoms with Crippen LogP contribution in [0.2, 0.25) is 0 Å². The molecule has 1 aromatic heterocycles. The number of imide groups is 1. The predicted molar refractivity (Wildman–Crippen MR) is 95.7 cm³/mol. The Bertz CT molecular complexity index is 733. The van der Waals surface area contributed by atoms with E-state index in [1.54, 1.807) is 15.9 Å². The summed E-state index contributed by atoms with van der Waals surface area (Å²) in [7, 11) is 0. The van der Waals surface area contributed by atoms with Crippen molar-refractivity contribution in [2.45, 2.75) is 45.1 Å².